The van der Waals surface area contributed by atoms with Gasteiger partial charge in [-0.3, -0.25) is 24.5 Å². The Morgan fingerprint density at radius 3 is 2.22 bits per heavy atom. The quantitative estimate of drug-likeness (QED) is 0.299. The molecule has 1 unspecified atom stereocenters. The number of nitrogens with zero attached hydrogens (tertiary/aromatic N) is 1. The summed E-state index contributed by atoms with van der Waals surface area (Å²) in [4.78, 5) is 63.5. The average Bonchev–Trinajstić information content (AvgIpc) is 3.66. The molecule has 36 heavy (non-hydrogen) atoms. The summed E-state index contributed by atoms with van der Waals surface area (Å²) in [7, 11) is 0. The second-order valence-corrected chi connectivity index (χ2v) is 12.3. The largest absolute Gasteiger partial charge is 0.363 e. The maximum atomic E-state index is 14.0. The molecule has 4 N–H and O–H groups in total. The third-order valence-corrected chi connectivity index (χ3v) is 8.97. The first-order chi connectivity index (χ1) is 16.9. The molecule has 3 saturated heterocycles. The second-order valence-electron chi connectivity index (χ2n) is 12.3. The molecule has 4 aliphatic rings. The molecule has 1 saturated carbocycles. The van der Waals surface area contributed by atoms with Crippen LogP contribution < -0.4 is 16.4 Å². The number of rotatable bonds is 4. The van der Waals surface area contributed by atoms with E-state index in [4.69, 9.17) is 15.5 Å². The van der Waals surface area contributed by atoms with Crippen LogP contribution in [0, 0.1) is 22.7 Å². The third-order valence-electron chi connectivity index (χ3n) is 8.97. The summed E-state index contributed by atoms with van der Waals surface area (Å²) >= 11 is 0. The first-order valence-corrected chi connectivity index (χ1v) is 13.5. The van der Waals surface area contributed by atoms with Crippen LogP contribution in [0.2, 0.25) is 0 Å². The lowest BCUT2D eigenvalue weighted by atomic mass is 9.78. The van der Waals surface area contributed by atoms with Gasteiger partial charge in [-0.15, -0.1) is 0 Å². The van der Waals surface area contributed by atoms with Gasteiger partial charge in [0.05, 0.1) is 12.1 Å². The number of Topliss-reactive ketones (excluding diaryl/α,β-unsaturated/α-hetero) is 1. The number of amides is 3. The first-order valence-electron chi connectivity index (χ1n) is 13.5. The number of piperidine rings is 1. The Kier molecular flexibility index (Phi) is 7.78. The highest BCUT2D eigenvalue weighted by Gasteiger charge is 2.70. The van der Waals surface area contributed by atoms with E-state index in [2.05, 4.69) is 38.3 Å². The normalized spacial score (nSPS) is 35.2. The fourth-order valence-corrected chi connectivity index (χ4v) is 6.48. The van der Waals surface area contributed by atoms with Crippen LogP contribution in [0.25, 0.3) is 0 Å². The van der Waals surface area contributed by atoms with E-state index in [9.17, 15) is 19.2 Å². The smallest absolute Gasteiger partial charge is 0.287 e. The van der Waals surface area contributed by atoms with Gasteiger partial charge in [-0.1, -0.05) is 72.6 Å². The summed E-state index contributed by atoms with van der Waals surface area (Å²) in [5.74, 6) is -2.20. The molecule has 3 aliphatic heterocycles. The molecule has 4 rings (SSSR count). The van der Waals surface area contributed by atoms with Crippen LogP contribution in [-0.2, 0) is 29.0 Å². The Morgan fingerprint density at radius 1 is 1.00 bits per heavy atom. The Bertz CT molecular complexity index is 886. The van der Waals surface area contributed by atoms with Crippen molar-refractivity contribution in [1.82, 2.24) is 15.5 Å². The zero-order valence-electron chi connectivity index (χ0n) is 22.0. The molecular weight excluding hydrogens is 464 g/mol. The van der Waals surface area contributed by atoms with Gasteiger partial charge in [-0.05, 0) is 35.5 Å². The maximum absolute atomic E-state index is 14.0. The summed E-state index contributed by atoms with van der Waals surface area (Å²) in [6.07, 6.45) is 7.51. The van der Waals surface area contributed by atoms with Crippen LogP contribution in [0.15, 0.2) is 0 Å². The highest BCUT2D eigenvalue weighted by atomic mass is 17.4. The average molecular weight is 507 g/mol. The van der Waals surface area contributed by atoms with Crippen molar-refractivity contribution in [3.05, 3.63) is 0 Å². The van der Waals surface area contributed by atoms with Crippen LogP contribution in [0.1, 0.15) is 85.5 Å². The molecular formula is C26H42N4O6. The summed E-state index contributed by atoms with van der Waals surface area (Å²) in [6, 6.07) is -2.28. The molecule has 10 nitrogen and oxygen atoms in total. The highest BCUT2D eigenvalue weighted by molar-refractivity contribution is 6.37. The summed E-state index contributed by atoms with van der Waals surface area (Å²) < 4.78 is 0. The lowest BCUT2D eigenvalue weighted by Gasteiger charge is -2.39. The fourth-order valence-electron chi connectivity index (χ4n) is 6.48. The van der Waals surface area contributed by atoms with Gasteiger partial charge in [0.25, 0.3) is 12.3 Å². The van der Waals surface area contributed by atoms with Crippen molar-refractivity contribution >= 4 is 23.5 Å². The molecule has 0 aromatic carbocycles. The van der Waals surface area contributed by atoms with Crippen LogP contribution in [0.3, 0.4) is 0 Å². The molecule has 1 aliphatic carbocycles. The lowest BCUT2D eigenvalue weighted by molar-refractivity contribution is -0.145. The van der Waals surface area contributed by atoms with Crippen molar-refractivity contribution in [2.24, 2.45) is 28.4 Å². The fraction of sp³-hybridized carbons (Fsp3) is 0.846. The summed E-state index contributed by atoms with van der Waals surface area (Å²) in [5, 5.41) is 6.00. The molecule has 0 aromatic heterocycles. The number of nitrogens with two attached hydrogens (primary N) is 1. The highest BCUT2D eigenvalue weighted by Crippen LogP contribution is 2.65. The summed E-state index contributed by atoms with van der Waals surface area (Å²) in [5.41, 5.74) is 4.82. The molecule has 10 heteroatoms. The van der Waals surface area contributed by atoms with Gasteiger partial charge in [0.2, 0.25) is 17.6 Å². The molecule has 0 radical (unpaired) electrons. The molecule has 0 spiro atoms. The predicted molar refractivity (Wildman–Crippen MR) is 131 cm³/mol. The first kappa shape index (κ1) is 27.0. The van der Waals surface area contributed by atoms with Crippen molar-refractivity contribution in [2.75, 3.05) is 6.54 Å². The second kappa shape index (κ2) is 10.4. The summed E-state index contributed by atoms with van der Waals surface area (Å²) in [6.45, 7) is 8.83. The number of nitrogens with one attached hydrogen (secondary N) is 2. The van der Waals surface area contributed by atoms with Crippen LogP contribution in [-0.4, -0.2) is 59.5 Å². The van der Waals surface area contributed by atoms with E-state index in [0.29, 0.717) is 13.0 Å². The van der Waals surface area contributed by atoms with Gasteiger partial charge in [0, 0.05) is 6.54 Å². The number of carbonyl (C=O) groups excluding carboxylic acids is 4. The SMILES string of the molecule is CC1(C)CCCCCCCCC[C@@H](C(=O)C(N)=O)NC(=O)[C@@H]2[C@@H]3C(CN2C(=O)[C@H]1NC1OO1)C3(C)C. The predicted octanol–water partition coefficient (Wildman–Crippen LogP) is 1.76. The van der Waals surface area contributed by atoms with Crippen molar-refractivity contribution in [3.63, 3.8) is 0 Å². The van der Waals surface area contributed by atoms with Crippen LogP contribution in [0.4, 0.5) is 0 Å². The van der Waals surface area contributed by atoms with Gasteiger partial charge >= 0.3 is 0 Å². The molecule has 0 bridgehead atoms. The minimum Gasteiger partial charge on any atom is -0.363 e. The Labute approximate surface area is 213 Å². The van der Waals surface area contributed by atoms with Gasteiger partial charge < -0.3 is 16.0 Å². The van der Waals surface area contributed by atoms with E-state index in [1.165, 1.54) is 0 Å². The molecule has 4 fully saturated rings. The van der Waals surface area contributed by atoms with E-state index in [-0.39, 0.29) is 29.1 Å². The number of ketones is 1. The van der Waals surface area contributed by atoms with Gasteiger partial charge in [-0.2, -0.15) is 9.78 Å². The van der Waals surface area contributed by atoms with Crippen LogP contribution in [0.5, 0.6) is 0 Å². The minimum atomic E-state index is -1.05. The van der Waals surface area contributed by atoms with Crippen LogP contribution >= 0.6 is 0 Å². The van der Waals surface area contributed by atoms with E-state index in [0.717, 1.165) is 51.4 Å². The van der Waals surface area contributed by atoms with Gasteiger partial charge in [0.15, 0.2) is 0 Å². The van der Waals surface area contributed by atoms with E-state index >= 15 is 0 Å². The standard InChI is InChI=1S/C26H42N4O6/c1-25(2)13-11-9-7-5-6-8-10-12-16(19(31)21(27)32)28-22(33)18-17-15(26(17,3)4)14-30(18)23(34)20(25)29-24-35-36-24/h15-18,20,24,29H,5-14H2,1-4H3,(H2,27,32)(H,28,33)/t15?,16-,17-,18-,20+/m0/s1. The Morgan fingerprint density at radius 2 is 1.61 bits per heavy atom. The molecule has 5 atom stereocenters. The number of hydrogen-bond donors (Lipinski definition) is 3. The lowest BCUT2D eigenvalue weighted by Crippen LogP contribution is -2.60. The number of hydrogen-bond acceptors (Lipinski definition) is 7. The van der Waals surface area contributed by atoms with Gasteiger partial charge in [-0.25, -0.2) is 0 Å². The van der Waals surface area contributed by atoms with Gasteiger partial charge in [0.1, 0.15) is 6.04 Å². The van der Waals surface area contributed by atoms with E-state index in [1.807, 2.05) is 0 Å². The molecule has 3 amide bonds. The minimum absolute atomic E-state index is 0.00921. The van der Waals surface area contributed by atoms with E-state index in [1.54, 1.807) is 4.90 Å². The van der Waals surface area contributed by atoms with Crippen molar-refractivity contribution in [2.45, 2.75) is 110 Å². The van der Waals surface area contributed by atoms with Crippen molar-refractivity contribution in [1.29, 1.82) is 0 Å². The zero-order valence-corrected chi connectivity index (χ0v) is 22.0. The number of carbonyl (C=O) groups is 4. The number of fused-ring (bicyclic) bond motifs is 3. The molecule has 0 aromatic rings. The monoisotopic (exact) mass is 506 g/mol. The third kappa shape index (κ3) is 5.60. The Balaban J connectivity index is 1.62. The zero-order chi connectivity index (χ0) is 26.3. The topological polar surface area (TPSA) is 147 Å². The molecule has 202 valence electrons. The van der Waals surface area contributed by atoms with Crippen molar-refractivity contribution < 1.29 is 29.0 Å². The maximum Gasteiger partial charge on any atom is 0.287 e. The molecule has 3 heterocycles. The number of primary amides is 1. The Hall–Kier alpha value is -2.04. The van der Waals surface area contributed by atoms with Crippen molar-refractivity contribution in [3.8, 4) is 0 Å². The van der Waals surface area contributed by atoms with E-state index < -0.39 is 41.6 Å².